The van der Waals surface area contributed by atoms with Crippen molar-refractivity contribution >= 4 is 29.9 Å². The number of hydrogen-bond donors (Lipinski definition) is 2. The number of guanidine groups is 1. The van der Waals surface area contributed by atoms with Crippen LogP contribution in [0.3, 0.4) is 0 Å². The van der Waals surface area contributed by atoms with Crippen LogP contribution in [0.25, 0.3) is 0 Å². The lowest BCUT2D eigenvalue weighted by Gasteiger charge is -2.17. The first-order chi connectivity index (χ1) is 9.24. The lowest BCUT2D eigenvalue weighted by Crippen LogP contribution is -2.52. The molecule has 0 aromatic heterocycles. The molecule has 2 aliphatic heterocycles. The molecular formula is C12H9N5O2. The van der Waals surface area contributed by atoms with E-state index in [0.29, 0.717) is 5.56 Å². The molecular weight excluding hydrogens is 246 g/mol. The van der Waals surface area contributed by atoms with E-state index >= 15 is 0 Å². The van der Waals surface area contributed by atoms with Crippen molar-refractivity contribution in [3.05, 3.63) is 35.9 Å². The van der Waals surface area contributed by atoms with E-state index in [9.17, 15) is 9.59 Å². The van der Waals surface area contributed by atoms with Crippen LogP contribution in [0.1, 0.15) is 10.4 Å². The first-order valence-corrected chi connectivity index (χ1v) is 5.59. The number of fused-ring (bicyclic) bond motifs is 1. The topological polar surface area (TPSA) is 95.3 Å². The van der Waals surface area contributed by atoms with Crippen molar-refractivity contribution in [3.8, 4) is 0 Å². The van der Waals surface area contributed by atoms with Crippen molar-refractivity contribution in [3.63, 3.8) is 0 Å². The second-order valence-electron chi connectivity index (χ2n) is 3.92. The van der Waals surface area contributed by atoms with Crippen molar-refractivity contribution in [2.24, 2.45) is 15.0 Å². The zero-order chi connectivity index (χ0) is 13.2. The number of amides is 2. The summed E-state index contributed by atoms with van der Waals surface area (Å²) in [5.74, 6) is -0.352. The molecule has 0 unspecified atom stereocenters. The molecule has 0 fully saturated rings. The second-order valence-corrected chi connectivity index (χ2v) is 3.92. The molecule has 0 saturated heterocycles. The molecule has 0 radical (unpaired) electrons. The maximum absolute atomic E-state index is 11.9. The third kappa shape index (κ3) is 2.13. The van der Waals surface area contributed by atoms with Gasteiger partial charge in [0.25, 0.3) is 11.8 Å². The third-order valence-corrected chi connectivity index (χ3v) is 2.63. The minimum Gasteiger partial charge on any atom is -0.294 e. The zero-order valence-electron chi connectivity index (χ0n) is 9.70. The summed E-state index contributed by atoms with van der Waals surface area (Å²) in [6.45, 7) is 0. The summed E-state index contributed by atoms with van der Waals surface area (Å²) in [5, 5.41) is 4.99. The van der Waals surface area contributed by atoms with Crippen molar-refractivity contribution in [2.45, 2.75) is 6.04 Å². The van der Waals surface area contributed by atoms with Gasteiger partial charge in [0.1, 0.15) is 6.34 Å². The van der Waals surface area contributed by atoms with E-state index in [1.165, 1.54) is 6.34 Å². The van der Waals surface area contributed by atoms with Crippen LogP contribution < -0.4 is 10.6 Å². The number of hydrogen-bond acceptors (Lipinski definition) is 5. The number of carbonyl (C=O) groups is 2. The number of nitrogens with zero attached hydrogens (tertiary/aromatic N) is 3. The Morgan fingerprint density at radius 1 is 1.26 bits per heavy atom. The number of benzene rings is 1. The molecule has 2 aliphatic rings. The van der Waals surface area contributed by atoms with Gasteiger partial charge in [-0.15, -0.1) is 0 Å². The van der Waals surface area contributed by atoms with Gasteiger partial charge in [0.2, 0.25) is 5.96 Å². The van der Waals surface area contributed by atoms with Crippen LogP contribution in [0.2, 0.25) is 0 Å². The highest BCUT2D eigenvalue weighted by Crippen LogP contribution is 2.07. The average Bonchev–Trinajstić information content (AvgIpc) is 2.88. The van der Waals surface area contributed by atoms with Gasteiger partial charge in [0.05, 0.1) is 0 Å². The van der Waals surface area contributed by atoms with Crippen molar-refractivity contribution < 1.29 is 9.59 Å². The molecule has 2 heterocycles. The minimum absolute atomic E-state index is 0.0688. The monoisotopic (exact) mass is 255 g/mol. The average molecular weight is 255 g/mol. The largest absolute Gasteiger partial charge is 0.294 e. The molecule has 2 N–H and O–H groups in total. The van der Waals surface area contributed by atoms with E-state index in [0.717, 1.165) is 0 Å². The molecule has 0 spiro atoms. The van der Waals surface area contributed by atoms with Crippen LogP contribution in [-0.4, -0.2) is 36.0 Å². The molecule has 1 aromatic carbocycles. The maximum Gasteiger partial charge on any atom is 0.259 e. The minimum atomic E-state index is -0.697. The highest BCUT2D eigenvalue weighted by Gasteiger charge is 2.32. The van der Waals surface area contributed by atoms with Crippen LogP contribution in [0.15, 0.2) is 45.3 Å². The van der Waals surface area contributed by atoms with Crippen LogP contribution in [0, 0.1) is 0 Å². The zero-order valence-corrected chi connectivity index (χ0v) is 9.70. The Morgan fingerprint density at radius 3 is 2.84 bits per heavy atom. The molecule has 2 amide bonds. The van der Waals surface area contributed by atoms with Gasteiger partial charge in [-0.3, -0.25) is 25.2 Å². The van der Waals surface area contributed by atoms with Gasteiger partial charge in [-0.1, -0.05) is 18.2 Å². The highest BCUT2D eigenvalue weighted by molar-refractivity contribution is 6.24. The Labute approximate surface area is 108 Å². The van der Waals surface area contributed by atoms with Crippen LogP contribution in [0.5, 0.6) is 0 Å². The Balaban J connectivity index is 1.78. The summed E-state index contributed by atoms with van der Waals surface area (Å²) in [7, 11) is 0. The number of carbonyl (C=O) groups excluding carboxylic acids is 2. The summed E-state index contributed by atoms with van der Waals surface area (Å²) in [4.78, 5) is 35.3. The van der Waals surface area contributed by atoms with Crippen molar-refractivity contribution in [1.29, 1.82) is 0 Å². The molecule has 19 heavy (non-hydrogen) atoms. The standard InChI is InChI=1S/C12H9N5O2/c18-10(7-4-2-1-3-5-7)16-12-15-9-8(11(19)17-12)13-6-14-9/h1-6,8H,(H2,13,14,15,16,17,18,19)/t8-/m0/s1. The van der Waals surface area contributed by atoms with E-state index in [1.54, 1.807) is 24.3 Å². The molecule has 1 atom stereocenters. The van der Waals surface area contributed by atoms with E-state index < -0.39 is 6.04 Å². The fourth-order valence-electron chi connectivity index (χ4n) is 1.73. The van der Waals surface area contributed by atoms with Gasteiger partial charge < -0.3 is 0 Å². The van der Waals surface area contributed by atoms with Gasteiger partial charge in [0.15, 0.2) is 11.9 Å². The van der Waals surface area contributed by atoms with E-state index in [4.69, 9.17) is 0 Å². The molecule has 0 saturated carbocycles. The van der Waals surface area contributed by atoms with Gasteiger partial charge in [0, 0.05) is 5.56 Å². The first-order valence-electron chi connectivity index (χ1n) is 5.59. The van der Waals surface area contributed by atoms with Gasteiger partial charge in [-0.05, 0) is 12.1 Å². The quantitative estimate of drug-likeness (QED) is 0.721. The third-order valence-electron chi connectivity index (χ3n) is 2.63. The molecule has 7 heteroatoms. The Kier molecular flexibility index (Phi) is 2.64. The summed E-state index contributed by atoms with van der Waals surface area (Å²) in [6.07, 6.45) is 1.28. The van der Waals surface area contributed by atoms with Gasteiger partial charge in [-0.2, -0.15) is 4.99 Å². The molecule has 0 aliphatic carbocycles. The van der Waals surface area contributed by atoms with Crippen LogP contribution in [-0.2, 0) is 4.79 Å². The predicted molar refractivity (Wildman–Crippen MR) is 69.2 cm³/mol. The molecule has 3 rings (SSSR count). The van der Waals surface area contributed by atoms with E-state index in [2.05, 4.69) is 25.6 Å². The lowest BCUT2D eigenvalue weighted by molar-refractivity contribution is -0.119. The van der Waals surface area contributed by atoms with E-state index in [1.807, 2.05) is 6.07 Å². The summed E-state index contributed by atoms with van der Waals surface area (Å²) in [5.41, 5.74) is 0.478. The summed E-state index contributed by atoms with van der Waals surface area (Å²) >= 11 is 0. The number of amidine groups is 1. The van der Waals surface area contributed by atoms with Gasteiger partial charge in [-0.25, -0.2) is 4.99 Å². The predicted octanol–water partition coefficient (Wildman–Crippen LogP) is -0.289. The molecule has 1 aromatic rings. The Bertz CT molecular complexity index is 633. The van der Waals surface area contributed by atoms with Crippen LogP contribution in [0.4, 0.5) is 0 Å². The summed E-state index contributed by atoms with van der Waals surface area (Å²) in [6, 6.07) is 7.95. The molecule has 0 bridgehead atoms. The SMILES string of the molecule is O=C(NC1=NC2=NC=N[C@@H]2C(=O)N1)c1ccccc1. The molecule has 7 nitrogen and oxygen atoms in total. The fourth-order valence-corrected chi connectivity index (χ4v) is 1.73. The van der Waals surface area contributed by atoms with Crippen molar-refractivity contribution in [1.82, 2.24) is 10.6 Å². The Morgan fingerprint density at radius 2 is 2.05 bits per heavy atom. The summed E-state index contributed by atoms with van der Waals surface area (Å²) < 4.78 is 0. The van der Waals surface area contributed by atoms with Gasteiger partial charge >= 0.3 is 0 Å². The lowest BCUT2D eigenvalue weighted by atomic mass is 10.2. The molecule has 94 valence electrons. The normalized spacial score (nSPS) is 20.2. The van der Waals surface area contributed by atoms with E-state index in [-0.39, 0.29) is 23.6 Å². The Hall–Kier alpha value is -2.83. The number of aliphatic imine (C=N–C) groups is 3. The maximum atomic E-state index is 11.9. The first kappa shape index (κ1) is 11.3. The smallest absolute Gasteiger partial charge is 0.259 e. The highest BCUT2D eigenvalue weighted by atomic mass is 16.2. The fraction of sp³-hybridized carbons (Fsp3) is 0.0833. The van der Waals surface area contributed by atoms with Crippen molar-refractivity contribution in [2.75, 3.05) is 0 Å². The van der Waals surface area contributed by atoms with Crippen LogP contribution >= 0.6 is 0 Å². The second kappa shape index (κ2) is 4.45. The number of nitrogens with one attached hydrogen (secondary N) is 2. The number of rotatable bonds is 1.